The Morgan fingerprint density at radius 1 is 1.00 bits per heavy atom. The Hall–Kier alpha value is -0.433. The summed E-state index contributed by atoms with van der Waals surface area (Å²) in [7, 11) is 4.19. The van der Waals surface area contributed by atoms with E-state index in [4.69, 9.17) is 13.3 Å². The fourth-order valence-corrected chi connectivity index (χ4v) is 6.29. The lowest BCUT2D eigenvalue weighted by molar-refractivity contribution is -0.137. The monoisotopic (exact) mass is 290 g/mol. The molecule has 2 saturated carbocycles. The van der Waals surface area contributed by atoms with Gasteiger partial charge in [0.2, 0.25) is 0 Å². The molecule has 3 unspecified atom stereocenters. The zero-order valence-electron chi connectivity index (χ0n) is 12.6. The molecule has 0 saturated heterocycles. The number of fused-ring (bicyclic) bond motifs is 2. The third-order valence-corrected chi connectivity index (χ3v) is 7.66. The van der Waals surface area contributed by atoms with Crippen molar-refractivity contribution in [3.63, 3.8) is 0 Å². The summed E-state index contributed by atoms with van der Waals surface area (Å²) < 4.78 is 20.8. The third kappa shape index (κ3) is 3.78. The number of rotatable bonds is 4. The van der Waals surface area contributed by atoms with E-state index in [0.29, 0.717) is 5.54 Å². The van der Waals surface area contributed by atoms with Crippen molar-refractivity contribution in [1.82, 2.24) is 0 Å². The molecule has 0 N–H and O–H groups in total. The molecule has 0 aromatic heterocycles. The molecule has 0 aromatic rings. The molecule has 19 heavy (non-hydrogen) atoms. The molecule has 112 valence electrons. The van der Waals surface area contributed by atoms with E-state index in [-0.39, 0.29) is 5.97 Å². The summed E-state index contributed by atoms with van der Waals surface area (Å²) >= 11 is 0. The van der Waals surface area contributed by atoms with Gasteiger partial charge in [0.05, 0.1) is 7.11 Å². The number of methoxy groups -OCH3 is 1. The van der Waals surface area contributed by atoms with Gasteiger partial charge in [0, 0.05) is 33.8 Å². The molecule has 2 aliphatic rings. The van der Waals surface area contributed by atoms with Crippen molar-refractivity contribution in [1.29, 1.82) is 0 Å². The van der Waals surface area contributed by atoms with E-state index in [1.54, 1.807) is 21.3 Å². The summed E-state index contributed by atoms with van der Waals surface area (Å²) in [4.78, 5) is 9.59. The van der Waals surface area contributed by atoms with Gasteiger partial charge < -0.3 is 18.0 Å². The largest absolute Gasteiger partial charge is 0.503 e. The van der Waals surface area contributed by atoms with Crippen molar-refractivity contribution in [2.75, 3.05) is 28.4 Å². The maximum absolute atomic E-state index is 9.59. The predicted molar refractivity (Wildman–Crippen MR) is 73.7 cm³/mol. The Bertz CT molecular complexity index is 284. The Morgan fingerprint density at radius 3 is 1.79 bits per heavy atom. The molecule has 0 amide bonds. The second-order valence-corrected chi connectivity index (χ2v) is 8.37. The Balaban J connectivity index is 0.000000312. The van der Waals surface area contributed by atoms with Gasteiger partial charge in [-0.2, -0.15) is 0 Å². The highest BCUT2D eigenvalue weighted by Crippen LogP contribution is 2.55. The SMILES string of the molecule is COC(C)=O.CO[Si](OC)(OC)C1CC2CCC1C2. The molecule has 0 heterocycles. The number of carbonyl (C=O) groups excluding carboxylic acids is 1. The van der Waals surface area contributed by atoms with Crippen LogP contribution in [0.5, 0.6) is 0 Å². The first kappa shape index (κ1) is 16.6. The highest BCUT2D eigenvalue weighted by atomic mass is 28.4. The number of ether oxygens (including phenoxy) is 1. The molecule has 2 aliphatic carbocycles. The topological polar surface area (TPSA) is 54.0 Å². The Kier molecular flexibility index (Phi) is 6.45. The van der Waals surface area contributed by atoms with Gasteiger partial charge in [0.1, 0.15) is 0 Å². The molecular weight excluding hydrogens is 264 g/mol. The van der Waals surface area contributed by atoms with E-state index in [2.05, 4.69) is 4.74 Å². The molecule has 3 atom stereocenters. The number of esters is 1. The lowest BCUT2D eigenvalue weighted by Crippen LogP contribution is -2.49. The van der Waals surface area contributed by atoms with Gasteiger partial charge in [0.15, 0.2) is 0 Å². The van der Waals surface area contributed by atoms with Crippen molar-refractivity contribution in [2.24, 2.45) is 11.8 Å². The van der Waals surface area contributed by atoms with Gasteiger partial charge in [-0.1, -0.05) is 6.42 Å². The smallest absolute Gasteiger partial charge is 0.469 e. The number of hydrogen-bond acceptors (Lipinski definition) is 5. The van der Waals surface area contributed by atoms with Crippen molar-refractivity contribution in [3.8, 4) is 0 Å². The van der Waals surface area contributed by atoms with Crippen LogP contribution in [0.4, 0.5) is 0 Å². The molecule has 0 aliphatic heterocycles. The minimum absolute atomic E-state index is 0.245. The predicted octanol–water partition coefficient (Wildman–Crippen LogP) is 2.23. The van der Waals surface area contributed by atoms with E-state index < -0.39 is 8.80 Å². The van der Waals surface area contributed by atoms with E-state index in [9.17, 15) is 4.79 Å². The summed E-state index contributed by atoms with van der Waals surface area (Å²) in [6, 6.07) is 0. The van der Waals surface area contributed by atoms with Crippen LogP contribution in [-0.2, 0) is 22.8 Å². The number of carbonyl (C=O) groups is 1. The first-order valence-corrected chi connectivity index (χ1v) is 8.53. The maximum atomic E-state index is 9.59. The molecule has 0 aromatic carbocycles. The van der Waals surface area contributed by atoms with Crippen molar-refractivity contribution < 1.29 is 22.8 Å². The van der Waals surface area contributed by atoms with E-state index >= 15 is 0 Å². The van der Waals surface area contributed by atoms with Crippen molar-refractivity contribution in [3.05, 3.63) is 0 Å². The Morgan fingerprint density at radius 2 is 1.53 bits per heavy atom. The molecule has 6 heteroatoms. The molecule has 0 spiro atoms. The second-order valence-electron chi connectivity index (χ2n) is 5.19. The summed E-state index contributed by atoms with van der Waals surface area (Å²) in [5.74, 6) is 1.47. The number of hydrogen-bond donors (Lipinski definition) is 0. The summed E-state index contributed by atoms with van der Waals surface area (Å²) in [6.45, 7) is 1.36. The van der Waals surface area contributed by atoms with Crippen LogP contribution >= 0.6 is 0 Å². The zero-order chi connectivity index (χ0) is 14.5. The molecule has 5 nitrogen and oxygen atoms in total. The quantitative estimate of drug-likeness (QED) is 0.587. The lowest BCUT2D eigenvalue weighted by atomic mass is 10.0. The van der Waals surface area contributed by atoms with Crippen molar-refractivity contribution >= 4 is 14.8 Å². The lowest BCUT2D eigenvalue weighted by Gasteiger charge is -2.34. The highest BCUT2D eigenvalue weighted by molar-refractivity contribution is 6.62. The van der Waals surface area contributed by atoms with Gasteiger partial charge in [-0.15, -0.1) is 0 Å². The minimum Gasteiger partial charge on any atom is -0.469 e. The molecule has 2 bridgehead atoms. The van der Waals surface area contributed by atoms with Crippen LogP contribution in [0.2, 0.25) is 5.54 Å². The van der Waals surface area contributed by atoms with Crippen LogP contribution < -0.4 is 0 Å². The molecular formula is C13H26O5Si. The second kappa shape index (κ2) is 7.38. The Labute approximate surface area is 116 Å². The minimum atomic E-state index is -2.34. The molecule has 2 rings (SSSR count). The maximum Gasteiger partial charge on any atom is 0.503 e. The average molecular weight is 290 g/mol. The van der Waals surface area contributed by atoms with Crippen LogP contribution in [-0.4, -0.2) is 43.2 Å². The van der Waals surface area contributed by atoms with Gasteiger partial charge >= 0.3 is 14.8 Å². The van der Waals surface area contributed by atoms with E-state index in [1.165, 1.54) is 39.7 Å². The summed E-state index contributed by atoms with van der Waals surface area (Å²) in [6.07, 6.45) is 5.38. The third-order valence-electron chi connectivity index (χ3n) is 4.33. The zero-order valence-corrected chi connectivity index (χ0v) is 13.6. The van der Waals surface area contributed by atoms with Gasteiger partial charge in [-0.05, 0) is 31.1 Å². The van der Waals surface area contributed by atoms with Gasteiger partial charge in [0.25, 0.3) is 0 Å². The average Bonchev–Trinajstić information content (AvgIpc) is 3.05. The summed E-state index contributed by atoms with van der Waals surface area (Å²) in [5.41, 5.74) is 0.557. The molecule has 2 fully saturated rings. The van der Waals surface area contributed by atoms with E-state index in [1.807, 2.05) is 0 Å². The van der Waals surface area contributed by atoms with Crippen molar-refractivity contribution in [2.45, 2.75) is 38.1 Å². The first-order chi connectivity index (χ1) is 9.02. The van der Waals surface area contributed by atoms with Crippen LogP contribution in [0, 0.1) is 11.8 Å². The van der Waals surface area contributed by atoms with Crippen LogP contribution in [0.25, 0.3) is 0 Å². The normalized spacial score (nSPS) is 28.8. The summed E-state index contributed by atoms with van der Waals surface area (Å²) in [5, 5.41) is 0. The standard InChI is InChI=1S/C10H20O3Si.C3H6O2/c1-11-14(12-2,13-3)10-7-8-4-5-9(10)6-8;1-3(4)5-2/h8-10H,4-7H2,1-3H3;1-2H3. The first-order valence-electron chi connectivity index (χ1n) is 6.73. The van der Waals surface area contributed by atoms with Gasteiger partial charge in [-0.3, -0.25) is 4.79 Å². The highest BCUT2D eigenvalue weighted by Gasteiger charge is 2.56. The van der Waals surface area contributed by atoms with Crippen LogP contribution in [0.15, 0.2) is 0 Å². The van der Waals surface area contributed by atoms with E-state index in [0.717, 1.165) is 11.8 Å². The fraction of sp³-hybridized carbons (Fsp3) is 0.923. The fourth-order valence-electron chi connectivity index (χ4n) is 3.38. The van der Waals surface area contributed by atoms with Crippen LogP contribution in [0.3, 0.4) is 0 Å². The van der Waals surface area contributed by atoms with Crippen LogP contribution in [0.1, 0.15) is 32.6 Å². The van der Waals surface area contributed by atoms with Gasteiger partial charge in [-0.25, -0.2) is 0 Å². The molecule has 0 radical (unpaired) electrons.